The number of nitrogens with zero attached hydrogens (tertiary/aromatic N) is 1. The first-order valence-corrected chi connectivity index (χ1v) is 6.51. The Morgan fingerprint density at radius 1 is 1.25 bits per heavy atom. The van der Waals surface area contributed by atoms with E-state index < -0.39 is 11.6 Å². The summed E-state index contributed by atoms with van der Waals surface area (Å²) < 4.78 is 32.0. The molecule has 104 valence electrons. The summed E-state index contributed by atoms with van der Waals surface area (Å²) in [5.41, 5.74) is 0.950. The molecule has 2 aromatic rings. The number of pyridine rings is 1. The molecule has 0 saturated heterocycles. The van der Waals surface area contributed by atoms with Gasteiger partial charge in [0, 0.05) is 18.8 Å². The van der Waals surface area contributed by atoms with E-state index in [4.69, 9.17) is 4.74 Å². The van der Waals surface area contributed by atoms with Crippen LogP contribution in [0.2, 0.25) is 0 Å². The van der Waals surface area contributed by atoms with Crippen molar-refractivity contribution in [2.24, 2.45) is 0 Å². The molecule has 3 rings (SSSR count). The molecule has 3 nitrogen and oxygen atoms in total. The van der Waals surface area contributed by atoms with Crippen molar-refractivity contribution in [3.8, 4) is 11.5 Å². The van der Waals surface area contributed by atoms with E-state index in [2.05, 4.69) is 10.3 Å². The largest absolute Gasteiger partial charge is 0.453 e. The summed E-state index contributed by atoms with van der Waals surface area (Å²) in [7, 11) is 0. The van der Waals surface area contributed by atoms with Crippen molar-refractivity contribution in [2.75, 3.05) is 0 Å². The second-order valence-electron chi connectivity index (χ2n) is 4.84. The van der Waals surface area contributed by atoms with Gasteiger partial charge in [-0.2, -0.15) is 4.39 Å². The Balaban J connectivity index is 1.72. The number of hydrogen-bond acceptors (Lipinski definition) is 3. The molecule has 0 aliphatic heterocycles. The summed E-state index contributed by atoms with van der Waals surface area (Å²) in [5.74, 6) is -1.67. The Bertz CT molecular complexity index is 615. The molecular weight excluding hydrogens is 262 g/mol. The third-order valence-corrected chi connectivity index (χ3v) is 3.09. The van der Waals surface area contributed by atoms with Crippen LogP contribution >= 0.6 is 0 Å². The molecule has 1 fully saturated rings. The van der Waals surface area contributed by atoms with Crippen LogP contribution in [-0.4, -0.2) is 11.0 Å². The molecule has 5 heteroatoms. The predicted octanol–water partition coefficient (Wildman–Crippen LogP) is 3.40. The maximum atomic E-state index is 13.5. The Morgan fingerprint density at radius 3 is 2.90 bits per heavy atom. The van der Waals surface area contributed by atoms with Crippen LogP contribution in [0.15, 0.2) is 36.7 Å². The van der Waals surface area contributed by atoms with Crippen LogP contribution in [0, 0.1) is 11.6 Å². The first-order valence-electron chi connectivity index (χ1n) is 6.51. The Labute approximate surface area is 115 Å². The minimum Gasteiger partial charge on any atom is -0.453 e. The fourth-order valence-corrected chi connectivity index (χ4v) is 1.86. The normalized spacial score (nSPS) is 14.3. The molecule has 1 aliphatic carbocycles. The lowest BCUT2D eigenvalue weighted by molar-refractivity contribution is 0.414. The summed E-state index contributed by atoms with van der Waals surface area (Å²) in [6.07, 6.45) is 5.62. The van der Waals surface area contributed by atoms with Gasteiger partial charge in [0.1, 0.15) is 5.75 Å². The van der Waals surface area contributed by atoms with Gasteiger partial charge in [-0.05, 0) is 36.6 Å². The van der Waals surface area contributed by atoms with Crippen LogP contribution in [0.3, 0.4) is 0 Å². The molecule has 0 spiro atoms. The van der Waals surface area contributed by atoms with Gasteiger partial charge in [-0.25, -0.2) is 4.39 Å². The topological polar surface area (TPSA) is 34.1 Å². The van der Waals surface area contributed by atoms with Crippen molar-refractivity contribution in [2.45, 2.75) is 25.4 Å². The molecule has 20 heavy (non-hydrogen) atoms. The average molecular weight is 276 g/mol. The van der Waals surface area contributed by atoms with Crippen LogP contribution in [-0.2, 0) is 6.54 Å². The van der Waals surface area contributed by atoms with Crippen molar-refractivity contribution < 1.29 is 13.5 Å². The minimum absolute atomic E-state index is 0.140. The third-order valence-electron chi connectivity index (χ3n) is 3.09. The Kier molecular flexibility index (Phi) is 3.60. The zero-order valence-electron chi connectivity index (χ0n) is 10.8. The summed E-state index contributed by atoms with van der Waals surface area (Å²) in [5, 5.41) is 3.35. The van der Waals surface area contributed by atoms with Crippen LogP contribution in [0.4, 0.5) is 8.78 Å². The number of aromatic nitrogens is 1. The highest BCUT2D eigenvalue weighted by Crippen LogP contribution is 2.26. The molecule has 0 bridgehead atoms. The van der Waals surface area contributed by atoms with Crippen molar-refractivity contribution in [1.82, 2.24) is 10.3 Å². The number of rotatable bonds is 5. The highest BCUT2D eigenvalue weighted by molar-refractivity contribution is 5.32. The van der Waals surface area contributed by atoms with Crippen LogP contribution in [0.1, 0.15) is 18.4 Å². The molecule has 1 N–H and O–H groups in total. The molecule has 1 heterocycles. The van der Waals surface area contributed by atoms with E-state index >= 15 is 0 Å². The van der Waals surface area contributed by atoms with Crippen LogP contribution in [0.25, 0.3) is 0 Å². The van der Waals surface area contributed by atoms with Gasteiger partial charge in [0.15, 0.2) is 11.6 Å². The van der Waals surface area contributed by atoms with E-state index in [1.165, 1.54) is 31.2 Å². The number of halogens is 2. The van der Waals surface area contributed by atoms with E-state index in [9.17, 15) is 8.78 Å². The van der Waals surface area contributed by atoms with E-state index in [-0.39, 0.29) is 5.75 Å². The lowest BCUT2D eigenvalue weighted by Crippen LogP contribution is -2.15. The average Bonchev–Trinajstić information content (AvgIpc) is 3.26. The molecule has 0 radical (unpaired) electrons. The van der Waals surface area contributed by atoms with Crippen molar-refractivity contribution in [3.63, 3.8) is 0 Å². The number of hydrogen-bond donors (Lipinski definition) is 1. The quantitative estimate of drug-likeness (QED) is 0.908. The summed E-state index contributed by atoms with van der Waals surface area (Å²) in [4.78, 5) is 4.05. The Hall–Kier alpha value is -2.01. The monoisotopic (exact) mass is 276 g/mol. The minimum atomic E-state index is -0.992. The van der Waals surface area contributed by atoms with Crippen molar-refractivity contribution in [3.05, 3.63) is 53.9 Å². The zero-order chi connectivity index (χ0) is 13.9. The zero-order valence-corrected chi connectivity index (χ0v) is 10.8. The van der Waals surface area contributed by atoms with E-state index in [0.29, 0.717) is 18.3 Å². The standard InChI is InChI=1S/C15H14F2N2O/c16-13-2-1-3-14(15(13)17)20-12-6-10(7-18-9-12)8-19-11-4-5-11/h1-3,6-7,9,11,19H,4-5,8H2. The lowest BCUT2D eigenvalue weighted by atomic mass is 10.2. The molecule has 0 amide bonds. The first kappa shape index (κ1) is 13.0. The van der Waals surface area contributed by atoms with Gasteiger partial charge in [0.05, 0.1) is 6.20 Å². The van der Waals surface area contributed by atoms with Crippen LogP contribution in [0.5, 0.6) is 11.5 Å². The predicted molar refractivity (Wildman–Crippen MR) is 70.5 cm³/mol. The van der Waals surface area contributed by atoms with Gasteiger partial charge < -0.3 is 10.1 Å². The van der Waals surface area contributed by atoms with E-state index in [1.807, 2.05) is 0 Å². The lowest BCUT2D eigenvalue weighted by Gasteiger charge is -2.08. The van der Waals surface area contributed by atoms with Gasteiger partial charge in [-0.3, -0.25) is 4.98 Å². The highest BCUT2D eigenvalue weighted by Gasteiger charge is 2.20. The van der Waals surface area contributed by atoms with Gasteiger partial charge in [0.25, 0.3) is 0 Å². The van der Waals surface area contributed by atoms with Gasteiger partial charge in [0.2, 0.25) is 5.82 Å². The second-order valence-corrected chi connectivity index (χ2v) is 4.84. The molecule has 0 atom stereocenters. The second kappa shape index (κ2) is 5.54. The van der Waals surface area contributed by atoms with Crippen molar-refractivity contribution in [1.29, 1.82) is 0 Å². The third kappa shape index (κ3) is 3.11. The molecule has 1 saturated carbocycles. The van der Waals surface area contributed by atoms with Crippen LogP contribution < -0.4 is 10.1 Å². The molecule has 1 aromatic carbocycles. The fraction of sp³-hybridized carbons (Fsp3) is 0.267. The number of ether oxygens (including phenoxy) is 1. The molecule has 0 unspecified atom stereocenters. The smallest absolute Gasteiger partial charge is 0.201 e. The van der Waals surface area contributed by atoms with Gasteiger partial charge in [-0.1, -0.05) is 6.07 Å². The van der Waals surface area contributed by atoms with E-state index in [0.717, 1.165) is 11.6 Å². The fourth-order valence-electron chi connectivity index (χ4n) is 1.86. The summed E-state index contributed by atoms with van der Waals surface area (Å²) in [6.45, 7) is 0.695. The SMILES string of the molecule is Fc1cccc(Oc2cncc(CNC3CC3)c2)c1F. The summed E-state index contributed by atoms with van der Waals surface area (Å²) in [6, 6.07) is 6.20. The van der Waals surface area contributed by atoms with Gasteiger partial charge in [-0.15, -0.1) is 0 Å². The Morgan fingerprint density at radius 2 is 2.10 bits per heavy atom. The highest BCUT2D eigenvalue weighted by atomic mass is 19.2. The number of benzene rings is 1. The maximum absolute atomic E-state index is 13.5. The number of nitrogens with one attached hydrogen (secondary N) is 1. The molecule has 1 aliphatic rings. The summed E-state index contributed by atoms with van der Waals surface area (Å²) >= 11 is 0. The van der Waals surface area contributed by atoms with E-state index in [1.54, 1.807) is 12.3 Å². The first-order chi connectivity index (χ1) is 9.72. The molecular formula is C15H14F2N2O. The maximum Gasteiger partial charge on any atom is 0.201 e. The molecule has 1 aromatic heterocycles. The van der Waals surface area contributed by atoms with Crippen molar-refractivity contribution >= 4 is 0 Å². The van der Waals surface area contributed by atoms with Gasteiger partial charge >= 0.3 is 0 Å².